The molecule has 2 aromatic carbocycles. The van der Waals surface area contributed by atoms with Gasteiger partial charge in [-0.15, -0.1) is 0 Å². The zero-order chi connectivity index (χ0) is 14.4. The van der Waals surface area contributed by atoms with Crippen LogP contribution in [0.3, 0.4) is 0 Å². The summed E-state index contributed by atoms with van der Waals surface area (Å²) in [7, 11) is 0. The van der Waals surface area contributed by atoms with Gasteiger partial charge in [-0.2, -0.15) is 0 Å². The Morgan fingerprint density at radius 2 is 1.95 bits per heavy atom. The summed E-state index contributed by atoms with van der Waals surface area (Å²) < 4.78 is 6.72. The molecular formula is C17H17BrO2. The minimum absolute atomic E-state index is 0.229. The Labute approximate surface area is 127 Å². The maximum atomic E-state index is 10.6. The molecular weight excluding hydrogens is 316 g/mol. The Morgan fingerprint density at radius 1 is 1.20 bits per heavy atom. The average Bonchev–Trinajstić information content (AvgIpc) is 2.47. The lowest BCUT2D eigenvalue weighted by atomic mass is 9.98. The Balaban J connectivity index is 2.04. The van der Waals surface area contributed by atoms with Crippen molar-refractivity contribution in [1.29, 1.82) is 0 Å². The van der Waals surface area contributed by atoms with Gasteiger partial charge < -0.3 is 9.53 Å². The van der Waals surface area contributed by atoms with E-state index in [0.29, 0.717) is 13.0 Å². The summed E-state index contributed by atoms with van der Waals surface area (Å²) in [5.41, 5.74) is 2.27. The maximum Gasteiger partial charge on any atom is 0.134 e. The molecule has 0 fully saturated rings. The molecule has 0 aliphatic heterocycles. The van der Waals surface area contributed by atoms with Crippen LogP contribution in [-0.2, 0) is 11.4 Å². The zero-order valence-electron chi connectivity index (χ0n) is 11.4. The van der Waals surface area contributed by atoms with Crippen molar-refractivity contribution < 1.29 is 9.53 Å². The molecule has 1 unspecified atom stereocenters. The van der Waals surface area contributed by atoms with Crippen LogP contribution in [0.4, 0.5) is 0 Å². The molecule has 0 aromatic heterocycles. The van der Waals surface area contributed by atoms with Crippen molar-refractivity contribution in [2.75, 3.05) is 0 Å². The summed E-state index contributed by atoms with van der Waals surface area (Å²) in [6, 6.07) is 16.0. The van der Waals surface area contributed by atoms with Gasteiger partial charge >= 0.3 is 0 Å². The molecule has 104 valence electrons. The second kappa shape index (κ2) is 7.25. The third kappa shape index (κ3) is 3.94. The van der Waals surface area contributed by atoms with E-state index in [2.05, 4.69) is 15.9 Å². The molecule has 0 amide bonds. The van der Waals surface area contributed by atoms with Crippen LogP contribution in [0.1, 0.15) is 30.4 Å². The van der Waals surface area contributed by atoms with Crippen LogP contribution >= 0.6 is 15.9 Å². The first-order valence-corrected chi connectivity index (χ1v) is 7.40. The van der Waals surface area contributed by atoms with Crippen LogP contribution in [0.25, 0.3) is 0 Å². The predicted molar refractivity (Wildman–Crippen MR) is 84.0 cm³/mol. The second-order valence-corrected chi connectivity index (χ2v) is 5.62. The van der Waals surface area contributed by atoms with Crippen molar-refractivity contribution in [1.82, 2.24) is 0 Å². The summed E-state index contributed by atoms with van der Waals surface area (Å²) >= 11 is 3.53. The van der Waals surface area contributed by atoms with Crippen molar-refractivity contribution in [3.05, 3.63) is 64.1 Å². The lowest BCUT2D eigenvalue weighted by Crippen LogP contribution is -1.98. The SMILES string of the molecule is CC(CC=O)c1ccc(OCc2ccccc2)c(Br)c1. The number of hydrogen-bond acceptors (Lipinski definition) is 2. The monoisotopic (exact) mass is 332 g/mol. The number of hydrogen-bond donors (Lipinski definition) is 0. The average molecular weight is 333 g/mol. The zero-order valence-corrected chi connectivity index (χ0v) is 13.0. The number of carbonyl (C=O) groups excluding carboxylic acids is 1. The Kier molecular flexibility index (Phi) is 5.36. The first-order chi connectivity index (χ1) is 9.70. The molecule has 3 heteroatoms. The maximum absolute atomic E-state index is 10.6. The van der Waals surface area contributed by atoms with Gasteiger partial charge in [0.05, 0.1) is 4.47 Å². The third-order valence-electron chi connectivity index (χ3n) is 3.21. The van der Waals surface area contributed by atoms with E-state index in [1.165, 1.54) is 0 Å². The van der Waals surface area contributed by atoms with Gasteiger partial charge in [0.25, 0.3) is 0 Å². The fraction of sp³-hybridized carbons (Fsp3) is 0.235. The molecule has 20 heavy (non-hydrogen) atoms. The van der Waals surface area contributed by atoms with E-state index < -0.39 is 0 Å². The summed E-state index contributed by atoms with van der Waals surface area (Å²) in [5, 5.41) is 0. The number of benzene rings is 2. The second-order valence-electron chi connectivity index (χ2n) is 4.77. The van der Waals surface area contributed by atoms with E-state index in [-0.39, 0.29) is 5.92 Å². The van der Waals surface area contributed by atoms with E-state index >= 15 is 0 Å². The quantitative estimate of drug-likeness (QED) is 0.715. The van der Waals surface area contributed by atoms with Crippen LogP contribution in [0.5, 0.6) is 5.75 Å². The molecule has 0 aliphatic rings. The van der Waals surface area contributed by atoms with Crippen LogP contribution < -0.4 is 4.74 Å². The van der Waals surface area contributed by atoms with E-state index in [4.69, 9.17) is 4.74 Å². The highest BCUT2D eigenvalue weighted by Gasteiger charge is 2.08. The van der Waals surface area contributed by atoms with Gasteiger partial charge in [-0.3, -0.25) is 0 Å². The van der Waals surface area contributed by atoms with Crippen molar-refractivity contribution in [2.24, 2.45) is 0 Å². The van der Waals surface area contributed by atoms with Crippen LogP contribution in [0, 0.1) is 0 Å². The van der Waals surface area contributed by atoms with Gasteiger partial charge in [-0.05, 0) is 45.1 Å². The molecule has 1 atom stereocenters. The van der Waals surface area contributed by atoms with E-state index in [9.17, 15) is 4.79 Å². The number of halogens is 1. The first kappa shape index (κ1) is 14.8. The van der Waals surface area contributed by atoms with E-state index in [0.717, 1.165) is 27.6 Å². The highest BCUT2D eigenvalue weighted by atomic mass is 79.9. The van der Waals surface area contributed by atoms with Crippen LogP contribution in [-0.4, -0.2) is 6.29 Å². The Hall–Kier alpha value is -1.61. The van der Waals surface area contributed by atoms with Crippen molar-refractivity contribution in [3.8, 4) is 5.75 Å². The lowest BCUT2D eigenvalue weighted by Gasteiger charge is -2.12. The van der Waals surface area contributed by atoms with Gasteiger partial charge in [-0.25, -0.2) is 0 Å². The summed E-state index contributed by atoms with van der Waals surface area (Å²) in [4.78, 5) is 10.6. The first-order valence-electron chi connectivity index (χ1n) is 6.60. The van der Waals surface area contributed by atoms with Crippen molar-refractivity contribution in [2.45, 2.75) is 25.9 Å². The lowest BCUT2D eigenvalue weighted by molar-refractivity contribution is -0.108. The predicted octanol–water partition coefficient (Wildman–Crippen LogP) is 4.72. The normalized spacial score (nSPS) is 11.9. The molecule has 0 aliphatic carbocycles. The molecule has 0 heterocycles. The smallest absolute Gasteiger partial charge is 0.134 e. The number of aldehydes is 1. The van der Waals surface area contributed by atoms with Gasteiger partial charge in [0.1, 0.15) is 18.6 Å². The number of rotatable bonds is 6. The molecule has 0 bridgehead atoms. The topological polar surface area (TPSA) is 26.3 Å². The van der Waals surface area contributed by atoms with E-state index in [1.54, 1.807) is 0 Å². The minimum atomic E-state index is 0.229. The van der Waals surface area contributed by atoms with Gasteiger partial charge in [0.15, 0.2) is 0 Å². The van der Waals surface area contributed by atoms with Crippen molar-refractivity contribution in [3.63, 3.8) is 0 Å². The van der Waals surface area contributed by atoms with Crippen LogP contribution in [0.2, 0.25) is 0 Å². The van der Waals surface area contributed by atoms with Gasteiger partial charge in [0.2, 0.25) is 0 Å². The molecule has 2 nitrogen and oxygen atoms in total. The Bertz CT molecular complexity index is 566. The molecule has 0 saturated heterocycles. The largest absolute Gasteiger partial charge is 0.488 e. The summed E-state index contributed by atoms with van der Waals surface area (Å²) in [6.07, 6.45) is 1.50. The summed E-state index contributed by atoms with van der Waals surface area (Å²) in [5.74, 6) is 1.04. The fourth-order valence-corrected chi connectivity index (χ4v) is 2.47. The van der Waals surface area contributed by atoms with E-state index in [1.807, 2.05) is 55.5 Å². The van der Waals surface area contributed by atoms with Crippen molar-refractivity contribution >= 4 is 22.2 Å². The highest BCUT2D eigenvalue weighted by molar-refractivity contribution is 9.10. The summed E-state index contributed by atoms with van der Waals surface area (Å²) in [6.45, 7) is 2.59. The number of carbonyl (C=O) groups is 1. The fourth-order valence-electron chi connectivity index (χ4n) is 1.96. The Morgan fingerprint density at radius 3 is 2.60 bits per heavy atom. The molecule has 0 saturated carbocycles. The van der Waals surface area contributed by atoms with Crippen LogP contribution in [0.15, 0.2) is 53.0 Å². The third-order valence-corrected chi connectivity index (χ3v) is 3.83. The number of ether oxygens (including phenoxy) is 1. The highest BCUT2D eigenvalue weighted by Crippen LogP contribution is 2.30. The molecule has 2 rings (SSSR count). The minimum Gasteiger partial charge on any atom is -0.488 e. The van der Waals surface area contributed by atoms with Gasteiger partial charge in [0, 0.05) is 6.42 Å². The van der Waals surface area contributed by atoms with Gasteiger partial charge in [-0.1, -0.05) is 43.3 Å². The standard InChI is InChI=1S/C17H17BrO2/c1-13(9-10-19)15-7-8-17(16(18)11-15)20-12-14-5-3-2-4-6-14/h2-8,10-11,13H,9,12H2,1H3. The molecule has 0 spiro atoms. The molecule has 0 radical (unpaired) electrons. The molecule has 0 N–H and O–H groups in total. The molecule has 2 aromatic rings.